The molecule has 0 spiro atoms. The zero-order valence-corrected chi connectivity index (χ0v) is 7.50. The van der Waals surface area contributed by atoms with Crippen LogP contribution in [-0.2, 0) is 9.63 Å². The lowest BCUT2D eigenvalue weighted by molar-refractivity contribution is -0.276. The van der Waals surface area contributed by atoms with Crippen LogP contribution in [0.4, 0.5) is 13.2 Å². The van der Waals surface area contributed by atoms with Crippen LogP contribution >= 0.6 is 0 Å². The summed E-state index contributed by atoms with van der Waals surface area (Å²) in [5, 5.41) is 17.4. The minimum absolute atomic E-state index is 0.184. The molecule has 0 saturated carbocycles. The van der Waals surface area contributed by atoms with Gasteiger partial charge in [-0.3, -0.25) is 9.63 Å². The summed E-state index contributed by atoms with van der Waals surface area (Å²) in [4.78, 5) is 15.1. The van der Waals surface area contributed by atoms with E-state index in [1.807, 2.05) is 0 Å². The summed E-state index contributed by atoms with van der Waals surface area (Å²) in [5.74, 6) is -1.78. The topological polar surface area (TPSA) is 70.0 Å². The summed E-state index contributed by atoms with van der Waals surface area (Å²) < 4.78 is 36.4. The first-order valence-electron chi connectivity index (χ1n) is 3.43. The number of aliphatic hydroxyl groups is 2. The van der Waals surface area contributed by atoms with E-state index in [0.717, 1.165) is 14.2 Å². The number of likely N-dealkylation sites (N-methyl/N-ethyl adjacent to an activating group) is 1. The van der Waals surface area contributed by atoms with Crippen molar-refractivity contribution in [2.45, 2.75) is 11.8 Å². The second-order valence-corrected chi connectivity index (χ2v) is 2.50. The normalized spacial score (nSPS) is 16.2. The zero-order valence-electron chi connectivity index (χ0n) is 7.50. The van der Waals surface area contributed by atoms with Gasteiger partial charge in [-0.1, -0.05) is 0 Å². The monoisotopic (exact) mass is 217 g/mol. The third kappa shape index (κ3) is 2.14. The summed E-state index contributed by atoms with van der Waals surface area (Å²) in [6, 6.07) is 0. The van der Waals surface area contributed by atoms with E-state index in [0.29, 0.717) is 0 Å². The second kappa shape index (κ2) is 4.11. The van der Waals surface area contributed by atoms with Gasteiger partial charge in [0, 0.05) is 7.05 Å². The molecule has 0 aliphatic heterocycles. The Bertz CT molecular complexity index is 220. The van der Waals surface area contributed by atoms with Gasteiger partial charge in [0.15, 0.2) is 0 Å². The fourth-order valence-electron chi connectivity index (χ4n) is 0.622. The number of nitrogens with zero attached hydrogens (tertiary/aromatic N) is 1. The molecular weight excluding hydrogens is 207 g/mol. The Morgan fingerprint density at radius 3 is 2.14 bits per heavy atom. The quantitative estimate of drug-likeness (QED) is 0.613. The number of hydrogen-bond donors (Lipinski definition) is 2. The van der Waals surface area contributed by atoms with Crippen LogP contribution in [0, 0.1) is 0 Å². The fourth-order valence-corrected chi connectivity index (χ4v) is 0.622. The first-order valence-corrected chi connectivity index (χ1v) is 3.43. The summed E-state index contributed by atoms with van der Waals surface area (Å²) >= 11 is 0. The summed E-state index contributed by atoms with van der Waals surface area (Å²) in [7, 11) is 1.83. The van der Waals surface area contributed by atoms with Crippen molar-refractivity contribution in [1.82, 2.24) is 5.06 Å². The molecule has 0 aromatic carbocycles. The van der Waals surface area contributed by atoms with Gasteiger partial charge in [0.2, 0.25) is 0 Å². The Balaban J connectivity index is 4.97. The number of hydrogen-bond acceptors (Lipinski definition) is 4. The molecule has 0 aromatic rings. The molecule has 0 aliphatic carbocycles. The molecule has 84 valence electrons. The van der Waals surface area contributed by atoms with Gasteiger partial charge in [-0.15, -0.1) is 0 Å². The predicted octanol–water partition coefficient (Wildman–Crippen LogP) is -0.708. The van der Waals surface area contributed by atoms with Crippen LogP contribution in [0.15, 0.2) is 0 Å². The maximum atomic E-state index is 12.1. The molecule has 0 saturated heterocycles. The zero-order chi connectivity index (χ0) is 11.6. The van der Waals surface area contributed by atoms with E-state index in [2.05, 4.69) is 4.84 Å². The van der Waals surface area contributed by atoms with Crippen LogP contribution in [0.25, 0.3) is 0 Å². The molecule has 0 heterocycles. The van der Waals surface area contributed by atoms with Crippen molar-refractivity contribution in [3.63, 3.8) is 0 Å². The van der Waals surface area contributed by atoms with E-state index in [1.54, 1.807) is 0 Å². The van der Waals surface area contributed by atoms with Crippen LogP contribution in [0.3, 0.4) is 0 Å². The highest BCUT2D eigenvalue weighted by Gasteiger charge is 2.60. The van der Waals surface area contributed by atoms with Crippen molar-refractivity contribution in [2.24, 2.45) is 0 Å². The molecule has 0 fully saturated rings. The van der Waals surface area contributed by atoms with Crippen molar-refractivity contribution in [3.8, 4) is 0 Å². The highest BCUT2D eigenvalue weighted by molar-refractivity contribution is 5.85. The van der Waals surface area contributed by atoms with Crippen molar-refractivity contribution in [3.05, 3.63) is 0 Å². The molecule has 0 aliphatic rings. The minimum Gasteiger partial charge on any atom is -0.392 e. The Morgan fingerprint density at radius 1 is 1.50 bits per heavy atom. The van der Waals surface area contributed by atoms with E-state index < -0.39 is 24.3 Å². The lowest BCUT2D eigenvalue weighted by Gasteiger charge is -2.29. The molecule has 0 rings (SSSR count). The largest absolute Gasteiger partial charge is 0.428 e. The number of carbonyl (C=O) groups is 1. The van der Waals surface area contributed by atoms with Crippen LogP contribution in [-0.4, -0.2) is 53.7 Å². The third-order valence-electron chi connectivity index (χ3n) is 1.61. The number of rotatable bonds is 3. The van der Waals surface area contributed by atoms with E-state index in [1.165, 1.54) is 0 Å². The first-order chi connectivity index (χ1) is 6.20. The number of alkyl halides is 3. The van der Waals surface area contributed by atoms with Crippen LogP contribution in [0.2, 0.25) is 0 Å². The van der Waals surface area contributed by atoms with Gasteiger partial charge in [0.1, 0.15) is 0 Å². The molecule has 1 amide bonds. The van der Waals surface area contributed by atoms with Gasteiger partial charge in [-0.2, -0.15) is 13.2 Å². The molecule has 5 nitrogen and oxygen atoms in total. The molecular formula is C6H10F3NO4. The summed E-state index contributed by atoms with van der Waals surface area (Å²) in [6.45, 7) is -1.76. The number of hydroxylamine groups is 2. The van der Waals surface area contributed by atoms with Crippen LogP contribution in [0.1, 0.15) is 0 Å². The van der Waals surface area contributed by atoms with Crippen molar-refractivity contribution >= 4 is 5.91 Å². The third-order valence-corrected chi connectivity index (χ3v) is 1.61. The molecule has 2 N–H and O–H groups in total. The lowest BCUT2D eigenvalue weighted by Crippen LogP contribution is -2.59. The van der Waals surface area contributed by atoms with Crippen LogP contribution in [0.5, 0.6) is 0 Å². The fraction of sp³-hybridized carbons (Fsp3) is 0.833. The van der Waals surface area contributed by atoms with Crippen LogP contribution < -0.4 is 0 Å². The van der Waals surface area contributed by atoms with Crippen molar-refractivity contribution in [1.29, 1.82) is 0 Å². The van der Waals surface area contributed by atoms with Gasteiger partial charge in [-0.05, 0) is 0 Å². The SMILES string of the molecule is CON(C)C(=O)[C@@](O)(CO)C(F)(F)F. The summed E-state index contributed by atoms with van der Waals surface area (Å²) in [5.41, 5.74) is -3.82. The Morgan fingerprint density at radius 2 is 1.93 bits per heavy atom. The maximum Gasteiger partial charge on any atom is 0.428 e. The Hall–Kier alpha value is -0.860. The van der Waals surface area contributed by atoms with E-state index in [4.69, 9.17) is 10.2 Å². The molecule has 8 heteroatoms. The molecule has 1 atom stereocenters. The molecule has 0 unspecified atom stereocenters. The Labute approximate surface area is 77.6 Å². The Kier molecular flexibility index (Phi) is 3.86. The number of amides is 1. The first kappa shape index (κ1) is 13.1. The highest BCUT2D eigenvalue weighted by Crippen LogP contribution is 2.31. The van der Waals surface area contributed by atoms with Gasteiger partial charge >= 0.3 is 6.18 Å². The maximum absolute atomic E-state index is 12.1. The predicted molar refractivity (Wildman–Crippen MR) is 37.9 cm³/mol. The minimum atomic E-state index is -5.26. The van der Waals surface area contributed by atoms with Gasteiger partial charge in [0.05, 0.1) is 13.7 Å². The van der Waals surface area contributed by atoms with Crippen molar-refractivity contribution < 1.29 is 33.0 Å². The molecule has 0 radical (unpaired) electrons. The number of halogens is 3. The van der Waals surface area contributed by atoms with Gasteiger partial charge < -0.3 is 10.2 Å². The van der Waals surface area contributed by atoms with Gasteiger partial charge in [-0.25, -0.2) is 5.06 Å². The number of carbonyl (C=O) groups excluding carboxylic acids is 1. The second-order valence-electron chi connectivity index (χ2n) is 2.50. The average Bonchev–Trinajstić information content (AvgIpc) is 2.12. The molecule has 14 heavy (non-hydrogen) atoms. The summed E-state index contributed by atoms with van der Waals surface area (Å²) in [6.07, 6.45) is -5.26. The number of aliphatic hydroxyl groups excluding tert-OH is 1. The van der Waals surface area contributed by atoms with E-state index in [9.17, 15) is 18.0 Å². The highest BCUT2D eigenvalue weighted by atomic mass is 19.4. The van der Waals surface area contributed by atoms with Gasteiger partial charge in [0.25, 0.3) is 11.5 Å². The molecule has 0 aromatic heterocycles. The van der Waals surface area contributed by atoms with E-state index in [-0.39, 0.29) is 5.06 Å². The average molecular weight is 217 g/mol. The molecule has 0 bridgehead atoms. The smallest absolute Gasteiger partial charge is 0.392 e. The van der Waals surface area contributed by atoms with Crippen molar-refractivity contribution in [2.75, 3.05) is 20.8 Å². The lowest BCUT2D eigenvalue weighted by atomic mass is 10.0. The standard InChI is InChI=1S/C6H10F3NO4/c1-10(14-2)4(12)5(13,3-11)6(7,8)9/h11,13H,3H2,1-2H3/t5-/m0/s1. The van der Waals surface area contributed by atoms with E-state index >= 15 is 0 Å².